The van der Waals surface area contributed by atoms with Gasteiger partial charge in [0.1, 0.15) is 96.4 Å². The molecule has 37 N–H and O–H groups in total. The Kier molecular flexibility index (Phi) is 49.7. The number of amides is 18. The lowest BCUT2D eigenvalue weighted by atomic mass is 9.98. The normalized spacial score (nSPS) is 14.6. The van der Waals surface area contributed by atoms with Gasteiger partial charge < -0.3 is 150 Å². The largest absolute Gasteiger partial charge is 0.508 e. The number of benzene rings is 3. The van der Waals surface area contributed by atoms with Crippen molar-refractivity contribution in [3.8, 4) is 5.75 Å². The molecule has 0 unspecified atom stereocenters. The van der Waals surface area contributed by atoms with Crippen molar-refractivity contribution in [2.45, 2.75) is 269 Å². The molecule has 0 spiro atoms. The summed E-state index contributed by atoms with van der Waals surface area (Å²) in [6.07, 6.45) is -2.95. The van der Waals surface area contributed by atoms with Crippen molar-refractivity contribution in [3.63, 3.8) is 0 Å². The number of aliphatic hydroxyl groups is 2. The van der Waals surface area contributed by atoms with E-state index in [9.17, 15) is 92.0 Å². The minimum atomic E-state index is -1.96. The molecule has 16 atom stereocenters. The summed E-state index contributed by atoms with van der Waals surface area (Å²) >= 11 is 0. The smallest absolute Gasteiger partial charge is 0.245 e. The minimum absolute atomic E-state index is 0.00137. The van der Waals surface area contributed by atoms with Gasteiger partial charge in [-0.1, -0.05) is 110 Å². The fraction of sp³-hybridized carbons (Fsp3) is 0.556. The first kappa shape index (κ1) is 117. The molecule has 1 aromatic heterocycles. The number of H-pyrrole nitrogens is 1. The predicted octanol–water partition coefficient (Wildman–Crippen LogP) is -6.81. The Balaban J connectivity index is 1.68. The van der Waals surface area contributed by atoms with E-state index >= 15 is 9.59 Å². The molecule has 772 valence electrons. The molecular formula is C90H141N29O21. The van der Waals surface area contributed by atoms with Crippen molar-refractivity contribution in [1.29, 1.82) is 16.2 Å². The lowest BCUT2D eigenvalue weighted by Crippen LogP contribution is -2.63. The summed E-state index contributed by atoms with van der Waals surface area (Å²) in [7, 11) is 0. The number of aliphatic hydroxyl groups excluding tert-OH is 2. The summed E-state index contributed by atoms with van der Waals surface area (Å²) in [5.74, 6) is -21.6. The topological polar surface area (TPSA) is 841 Å². The molecule has 0 saturated carbocycles. The molecule has 18 amide bonds. The summed E-state index contributed by atoms with van der Waals surface area (Å²) in [6, 6.07) is -5.92. The van der Waals surface area contributed by atoms with Gasteiger partial charge in [0.2, 0.25) is 106 Å². The summed E-state index contributed by atoms with van der Waals surface area (Å²) < 4.78 is 0. The average Bonchev–Trinajstić information content (AvgIpc) is 1.03. The Hall–Kier alpha value is -14.9. The van der Waals surface area contributed by atoms with Crippen LogP contribution in [0.4, 0.5) is 0 Å². The minimum Gasteiger partial charge on any atom is -0.508 e. The van der Waals surface area contributed by atoms with Gasteiger partial charge in [-0.25, -0.2) is 4.98 Å². The standard InChI is InChI=1S/C90H141N29O21/c1-44(2)33-62(113-85(138)68(42-120)117-74(127)48(9)105-50(11)122)79(132)107-58(20-15-31-102-89(96)97)77(130)115-66(39-55-41-100-43-104-55)82(135)114-65(38-52-22-25-53-17-12-13-18-54(53)36-52)81(134)111-63(34-45(3)4)80(133)116-67(40-70(92)125)83(136)112-64(35-46(5)6)84(137)118-71(47(7)8)86(139)119-72(49(10)121)87(140)109-59(21-16-32-103-90(98)99)75(128)108-60(28-29-69(91)124)78(131)106-57(19-14-30-101-88(94)95)76(129)110-61(73(93)126)37-51-23-26-56(123)27-24-51/h12-13,17-18,22-27,36,41,43-49,57-68,71-72,120-121,123H,14-16,19-21,28-35,37-40,42H2,1-11H3,(H2,91,124)(H2,92,125)(H2,93,126)(H,100,104)(H,105,122)(H,106,131)(H,107,132)(H,108,128)(H,109,140)(H,110,129)(H,111,134)(H,112,136)(H,113,138)(H,114,135)(H,115,130)(H,116,133)(H,117,127)(H,118,137)(H,119,139)(H4,94,95,101)(H4,96,97,102)(H4,98,99,103)/t48-,49+,57-,58-,59-,60-,61-,62-,63-,64-,65-,66-,67-,68-,71-,72-/m0/s1. The monoisotopic (exact) mass is 1960 g/mol. The van der Waals surface area contributed by atoms with E-state index in [1.807, 2.05) is 6.07 Å². The first-order valence-corrected chi connectivity index (χ1v) is 46.0. The van der Waals surface area contributed by atoms with Crippen LogP contribution in [0.25, 0.3) is 10.8 Å². The number of aromatic amines is 1. The van der Waals surface area contributed by atoms with Gasteiger partial charge in [-0.15, -0.1) is 0 Å². The third-order valence-electron chi connectivity index (χ3n) is 21.7. The fourth-order valence-electron chi connectivity index (χ4n) is 14.5. The molecule has 0 fully saturated rings. The second-order valence-corrected chi connectivity index (χ2v) is 35.7. The van der Waals surface area contributed by atoms with Crippen LogP contribution in [0.5, 0.6) is 5.75 Å². The van der Waals surface area contributed by atoms with Crippen molar-refractivity contribution in [1.82, 2.24) is 106 Å². The molecule has 0 aliphatic heterocycles. The lowest BCUT2D eigenvalue weighted by molar-refractivity contribution is -0.138. The van der Waals surface area contributed by atoms with Gasteiger partial charge in [-0.3, -0.25) is 103 Å². The van der Waals surface area contributed by atoms with Crippen LogP contribution in [0.15, 0.2) is 79.3 Å². The van der Waals surface area contributed by atoms with E-state index < -0.39 is 265 Å². The summed E-state index contributed by atoms with van der Waals surface area (Å²) in [5.41, 5.74) is 34.6. The first-order chi connectivity index (χ1) is 65.8. The molecule has 4 aromatic rings. The van der Waals surface area contributed by atoms with E-state index in [2.05, 4.69) is 106 Å². The number of rotatable bonds is 62. The van der Waals surface area contributed by atoms with E-state index in [4.69, 9.17) is 50.6 Å². The number of carbonyl (C=O) groups excluding carboxylic acids is 18. The molecule has 0 aliphatic rings. The van der Waals surface area contributed by atoms with Gasteiger partial charge in [0.15, 0.2) is 17.9 Å². The van der Waals surface area contributed by atoms with Crippen LogP contribution >= 0.6 is 0 Å². The van der Waals surface area contributed by atoms with Gasteiger partial charge in [0, 0.05) is 58.4 Å². The van der Waals surface area contributed by atoms with Crippen molar-refractivity contribution in [2.75, 3.05) is 26.2 Å². The average molecular weight is 1970 g/mol. The maximum absolute atomic E-state index is 15.3. The van der Waals surface area contributed by atoms with Crippen molar-refractivity contribution >= 4 is 135 Å². The fourth-order valence-corrected chi connectivity index (χ4v) is 14.5. The SMILES string of the molecule is CC(=O)N[C@@H](C)C(=O)N[C@@H](CO)C(=O)N[C@@H](CC(C)C)C(=O)N[C@@H](CCCNC(=N)N)C(=O)N[C@@H](Cc1c[nH]cn1)C(=O)N[C@@H](Cc1ccc2ccccc2c1)C(=O)N[C@@H](CC(C)C)C(=O)N[C@@H](CC(N)=O)C(=O)N[C@@H](CC(C)C)C(=O)N[C@H](C(=O)N[C@H](C(=O)N[C@@H](CCCNC(=N)N)C(=O)N[C@@H](CCC(N)=O)C(=O)N[C@@H](CCCNC(=N)N)C(=O)N[C@@H](Cc1ccc(O)cc1)C(N)=O)[C@@H](C)O)C(C)C. The number of fused-ring (bicyclic) bond motifs is 1. The van der Waals surface area contributed by atoms with E-state index in [0.717, 1.165) is 17.7 Å². The second-order valence-electron chi connectivity index (χ2n) is 35.7. The quantitative estimate of drug-likeness (QED) is 0.0111. The number of phenolic OH excluding ortho intramolecular Hbond substituents is 1. The van der Waals surface area contributed by atoms with Crippen molar-refractivity contribution < 1.29 is 102 Å². The number of hydrogen-bond donors (Lipinski definition) is 31. The molecule has 0 aliphatic carbocycles. The predicted molar refractivity (Wildman–Crippen MR) is 513 cm³/mol. The van der Waals surface area contributed by atoms with E-state index in [1.54, 1.807) is 77.9 Å². The Bertz CT molecular complexity index is 4920. The lowest BCUT2D eigenvalue weighted by Gasteiger charge is -2.30. The van der Waals surface area contributed by atoms with E-state index in [1.165, 1.54) is 64.5 Å². The molecule has 50 nitrogen and oxygen atoms in total. The van der Waals surface area contributed by atoms with Crippen LogP contribution in [0.2, 0.25) is 0 Å². The zero-order valence-corrected chi connectivity index (χ0v) is 80.6. The van der Waals surface area contributed by atoms with Crippen LogP contribution in [0.3, 0.4) is 0 Å². The maximum Gasteiger partial charge on any atom is 0.245 e. The van der Waals surface area contributed by atoms with Crippen LogP contribution in [0, 0.1) is 39.9 Å². The summed E-state index contributed by atoms with van der Waals surface area (Å²) in [5, 5.41) is 101. The van der Waals surface area contributed by atoms with Crippen LogP contribution < -0.4 is 130 Å². The van der Waals surface area contributed by atoms with E-state index in [-0.39, 0.29) is 114 Å². The molecule has 0 saturated heterocycles. The van der Waals surface area contributed by atoms with Crippen molar-refractivity contribution in [3.05, 3.63) is 96.1 Å². The Labute approximate surface area is 810 Å². The van der Waals surface area contributed by atoms with Gasteiger partial charge >= 0.3 is 0 Å². The molecule has 0 bridgehead atoms. The molecule has 50 heteroatoms. The number of aromatic hydroxyl groups is 1. The molecular weight excluding hydrogens is 1820 g/mol. The third kappa shape index (κ3) is 43.2. The highest BCUT2D eigenvalue weighted by Crippen LogP contribution is 2.21. The summed E-state index contributed by atoms with van der Waals surface area (Å²) in [6.45, 7) is 15.8. The Morgan fingerprint density at radius 3 is 1.14 bits per heavy atom. The Morgan fingerprint density at radius 2 is 0.736 bits per heavy atom. The molecule has 1 heterocycles. The number of guanidine groups is 3. The van der Waals surface area contributed by atoms with Gasteiger partial charge in [-0.05, 0) is 136 Å². The number of nitrogens with two attached hydrogens (primary N) is 6. The zero-order chi connectivity index (χ0) is 105. The van der Waals surface area contributed by atoms with Gasteiger partial charge in [-0.2, -0.15) is 0 Å². The molecule has 4 rings (SSSR count). The maximum atomic E-state index is 15.3. The van der Waals surface area contributed by atoms with Crippen LogP contribution in [-0.2, 0) is 106 Å². The number of carbonyl (C=O) groups is 18. The number of primary amides is 3. The van der Waals surface area contributed by atoms with Crippen LogP contribution in [-0.4, -0.2) is 272 Å². The molecule has 0 radical (unpaired) electrons. The first-order valence-electron chi connectivity index (χ1n) is 46.0. The highest BCUT2D eigenvalue weighted by Gasteiger charge is 2.41. The number of imidazole rings is 1. The zero-order valence-electron chi connectivity index (χ0n) is 80.6. The second kappa shape index (κ2) is 59.3. The number of hydrogen-bond acceptors (Lipinski definition) is 25. The van der Waals surface area contributed by atoms with Gasteiger partial charge in [0.25, 0.3) is 0 Å². The number of nitrogens with one attached hydrogen (secondary N) is 22. The van der Waals surface area contributed by atoms with E-state index in [0.29, 0.717) is 11.1 Å². The molecule has 3 aromatic carbocycles. The van der Waals surface area contributed by atoms with Crippen LogP contribution in [0.1, 0.15) is 170 Å². The van der Waals surface area contributed by atoms with Crippen molar-refractivity contribution in [2.24, 2.45) is 58.1 Å². The number of aromatic nitrogens is 2. The third-order valence-corrected chi connectivity index (χ3v) is 21.7. The highest BCUT2D eigenvalue weighted by atomic mass is 16.3. The number of nitrogens with zero attached hydrogens (tertiary/aromatic N) is 1. The molecule has 140 heavy (non-hydrogen) atoms. The number of phenols is 1. The highest BCUT2D eigenvalue weighted by molar-refractivity contribution is 6.02. The Morgan fingerprint density at radius 1 is 0.379 bits per heavy atom. The summed E-state index contributed by atoms with van der Waals surface area (Å²) in [4.78, 5) is 260. The van der Waals surface area contributed by atoms with Gasteiger partial charge in [0.05, 0.1) is 31.2 Å².